The number of aliphatic carboxylic acids is 1. The van der Waals surface area contributed by atoms with Crippen molar-refractivity contribution < 1.29 is 29.0 Å². The summed E-state index contributed by atoms with van der Waals surface area (Å²) in [6.07, 6.45) is -1.04. The third kappa shape index (κ3) is 6.68. The highest BCUT2D eigenvalue weighted by molar-refractivity contribution is 6.32. The van der Waals surface area contributed by atoms with Crippen LogP contribution in [0.3, 0.4) is 0 Å². The van der Waals surface area contributed by atoms with Crippen molar-refractivity contribution in [2.75, 3.05) is 31.6 Å². The number of carboxylic acids is 1. The highest BCUT2D eigenvalue weighted by Gasteiger charge is 2.40. The predicted octanol–water partition coefficient (Wildman–Crippen LogP) is 5.58. The van der Waals surface area contributed by atoms with Crippen molar-refractivity contribution in [2.24, 2.45) is 11.3 Å². The first-order valence-corrected chi connectivity index (χ1v) is 13.7. The van der Waals surface area contributed by atoms with E-state index >= 15 is 0 Å². The molecular formula is C29H34Cl2N2O6. The van der Waals surface area contributed by atoms with Gasteiger partial charge in [0.2, 0.25) is 5.91 Å². The van der Waals surface area contributed by atoms with Gasteiger partial charge in [0.15, 0.2) is 0 Å². The minimum atomic E-state index is -1.13. The van der Waals surface area contributed by atoms with E-state index in [0.29, 0.717) is 58.5 Å². The standard InChI is InChI=1S/C29H34Cl2N2O6/c1-29(2,3)16-33-23-10-7-18(30)12-21(23)26(20-9-8-19(38-4)13-22(20)31)39-24(27(33)35)14-25(34)32-11-5-6-17(15-32)28(36)37/h7-10,12-13,17,24,26H,5-6,11,14-16H2,1-4H3,(H,36,37)/t17?,24-,26-/m0/s1. The number of piperidine rings is 1. The van der Waals surface area contributed by atoms with Crippen molar-refractivity contribution in [1.82, 2.24) is 4.90 Å². The topological polar surface area (TPSA) is 96.4 Å². The maximum atomic E-state index is 14.1. The van der Waals surface area contributed by atoms with Crippen LogP contribution in [0.1, 0.15) is 57.3 Å². The number of benzene rings is 2. The third-order valence-electron chi connectivity index (χ3n) is 7.01. The maximum absolute atomic E-state index is 14.1. The van der Waals surface area contributed by atoms with E-state index in [-0.39, 0.29) is 30.2 Å². The van der Waals surface area contributed by atoms with Gasteiger partial charge in [0.1, 0.15) is 18.0 Å². The molecule has 1 unspecified atom stereocenters. The fraction of sp³-hybridized carbons (Fsp3) is 0.483. The second-order valence-corrected chi connectivity index (χ2v) is 12.1. The van der Waals surface area contributed by atoms with Crippen molar-refractivity contribution in [3.8, 4) is 5.75 Å². The molecule has 2 aliphatic rings. The summed E-state index contributed by atoms with van der Waals surface area (Å²) in [7, 11) is 1.54. The Kier molecular flexibility index (Phi) is 8.78. The largest absolute Gasteiger partial charge is 0.497 e. The van der Waals surface area contributed by atoms with Crippen LogP contribution < -0.4 is 9.64 Å². The Morgan fingerprint density at radius 1 is 1.13 bits per heavy atom. The second kappa shape index (κ2) is 11.7. The first-order valence-electron chi connectivity index (χ1n) is 13.0. The molecule has 2 aromatic carbocycles. The van der Waals surface area contributed by atoms with Gasteiger partial charge < -0.3 is 24.4 Å². The molecule has 0 aromatic heterocycles. The van der Waals surface area contributed by atoms with Crippen LogP contribution in [0.4, 0.5) is 5.69 Å². The van der Waals surface area contributed by atoms with E-state index in [1.807, 2.05) is 20.8 Å². The average Bonchev–Trinajstić information content (AvgIpc) is 2.98. The highest BCUT2D eigenvalue weighted by atomic mass is 35.5. The van der Waals surface area contributed by atoms with Crippen molar-refractivity contribution in [1.29, 1.82) is 0 Å². The Labute approximate surface area is 238 Å². The number of likely N-dealkylation sites (tertiary alicyclic amines) is 1. The Morgan fingerprint density at radius 3 is 2.51 bits per heavy atom. The van der Waals surface area contributed by atoms with Gasteiger partial charge in [0.05, 0.1) is 24.5 Å². The first-order chi connectivity index (χ1) is 18.4. The predicted molar refractivity (Wildman–Crippen MR) is 150 cm³/mol. The smallest absolute Gasteiger partial charge is 0.308 e. The minimum absolute atomic E-state index is 0.115. The van der Waals surface area contributed by atoms with E-state index in [4.69, 9.17) is 32.7 Å². The second-order valence-electron chi connectivity index (χ2n) is 11.3. The molecule has 2 amide bonds. The number of fused-ring (bicyclic) bond motifs is 1. The average molecular weight is 578 g/mol. The summed E-state index contributed by atoms with van der Waals surface area (Å²) >= 11 is 13.1. The summed E-state index contributed by atoms with van der Waals surface area (Å²) in [4.78, 5) is 42.2. The Bertz CT molecular complexity index is 1260. The zero-order valence-corrected chi connectivity index (χ0v) is 24.1. The van der Waals surface area contributed by atoms with E-state index in [9.17, 15) is 19.5 Å². The van der Waals surface area contributed by atoms with Gasteiger partial charge in [-0.15, -0.1) is 0 Å². The molecule has 1 N–H and O–H groups in total. The number of carbonyl (C=O) groups is 3. The minimum Gasteiger partial charge on any atom is -0.497 e. The van der Waals surface area contributed by atoms with Crippen LogP contribution in [-0.4, -0.2) is 60.6 Å². The van der Waals surface area contributed by atoms with E-state index in [1.165, 1.54) is 4.90 Å². The number of rotatable bonds is 6. The number of nitrogens with zero attached hydrogens (tertiary/aromatic N) is 2. The van der Waals surface area contributed by atoms with Gasteiger partial charge >= 0.3 is 5.97 Å². The number of carbonyl (C=O) groups excluding carboxylic acids is 2. The number of amides is 2. The van der Waals surface area contributed by atoms with Crippen LogP contribution in [0.15, 0.2) is 36.4 Å². The van der Waals surface area contributed by atoms with Crippen LogP contribution in [0.5, 0.6) is 5.75 Å². The molecule has 0 spiro atoms. The number of methoxy groups -OCH3 is 1. The van der Waals surface area contributed by atoms with Gasteiger partial charge in [-0.25, -0.2) is 0 Å². The number of anilines is 1. The van der Waals surface area contributed by atoms with Crippen LogP contribution in [0.2, 0.25) is 10.0 Å². The monoisotopic (exact) mass is 576 g/mol. The molecule has 2 heterocycles. The van der Waals surface area contributed by atoms with Crippen LogP contribution in [0, 0.1) is 11.3 Å². The molecule has 0 aliphatic carbocycles. The van der Waals surface area contributed by atoms with Crippen molar-refractivity contribution >= 4 is 46.7 Å². The maximum Gasteiger partial charge on any atom is 0.308 e. The fourth-order valence-corrected chi connectivity index (χ4v) is 5.57. The molecule has 10 heteroatoms. The third-order valence-corrected chi connectivity index (χ3v) is 7.57. The molecule has 1 fully saturated rings. The number of halogens is 2. The lowest BCUT2D eigenvalue weighted by Crippen LogP contribution is -2.47. The zero-order chi connectivity index (χ0) is 28.5. The zero-order valence-electron chi connectivity index (χ0n) is 22.6. The fourth-order valence-electron chi connectivity index (χ4n) is 5.12. The lowest BCUT2D eigenvalue weighted by molar-refractivity contribution is -0.148. The highest BCUT2D eigenvalue weighted by Crippen LogP contribution is 2.43. The molecule has 1 saturated heterocycles. The Hall–Kier alpha value is -2.81. The van der Waals surface area contributed by atoms with Gasteiger partial charge in [-0.3, -0.25) is 14.4 Å². The Morgan fingerprint density at radius 2 is 1.87 bits per heavy atom. The molecule has 0 radical (unpaired) electrons. The Balaban J connectivity index is 1.76. The van der Waals surface area contributed by atoms with Crippen molar-refractivity contribution in [3.05, 3.63) is 57.6 Å². The summed E-state index contributed by atoms with van der Waals surface area (Å²) in [5, 5.41) is 10.3. The summed E-state index contributed by atoms with van der Waals surface area (Å²) < 4.78 is 11.8. The molecule has 4 rings (SSSR count). The van der Waals surface area contributed by atoms with Gasteiger partial charge in [0.25, 0.3) is 5.91 Å². The number of carboxylic acid groups (broad SMARTS) is 1. The number of hydrogen-bond acceptors (Lipinski definition) is 5. The van der Waals surface area contributed by atoms with Gasteiger partial charge in [-0.2, -0.15) is 0 Å². The molecule has 210 valence electrons. The van der Waals surface area contributed by atoms with Gasteiger partial charge in [0, 0.05) is 41.5 Å². The quantitative estimate of drug-likeness (QED) is 0.482. The first kappa shape index (κ1) is 29.2. The molecule has 8 nitrogen and oxygen atoms in total. The molecule has 2 aliphatic heterocycles. The van der Waals surface area contributed by atoms with E-state index < -0.39 is 24.1 Å². The van der Waals surface area contributed by atoms with Gasteiger partial charge in [-0.1, -0.05) is 50.0 Å². The molecule has 39 heavy (non-hydrogen) atoms. The van der Waals surface area contributed by atoms with Crippen molar-refractivity contribution in [3.63, 3.8) is 0 Å². The van der Waals surface area contributed by atoms with Crippen molar-refractivity contribution in [2.45, 2.75) is 52.2 Å². The number of ether oxygens (including phenoxy) is 2. The van der Waals surface area contributed by atoms with Gasteiger partial charge in [-0.05, 0) is 48.6 Å². The van der Waals surface area contributed by atoms with Crippen LogP contribution in [0.25, 0.3) is 0 Å². The summed E-state index contributed by atoms with van der Waals surface area (Å²) in [5.74, 6) is -1.64. The van der Waals surface area contributed by atoms with E-state index in [2.05, 4.69) is 0 Å². The summed E-state index contributed by atoms with van der Waals surface area (Å²) in [6, 6.07) is 10.5. The molecule has 2 aromatic rings. The molecule has 3 atom stereocenters. The lowest BCUT2D eigenvalue weighted by atomic mass is 9.94. The van der Waals surface area contributed by atoms with Crippen LogP contribution >= 0.6 is 23.2 Å². The van der Waals surface area contributed by atoms with E-state index in [0.717, 1.165) is 0 Å². The summed E-state index contributed by atoms with van der Waals surface area (Å²) in [6.45, 7) is 7.02. The molecular weight excluding hydrogens is 543 g/mol. The van der Waals surface area contributed by atoms with Crippen LogP contribution in [-0.2, 0) is 19.1 Å². The lowest BCUT2D eigenvalue weighted by Gasteiger charge is -2.33. The molecule has 0 saturated carbocycles. The summed E-state index contributed by atoms with van der Waals surface area (Å²) in [5.41, 5.74) is 1.63. The molecule has 0 bridgehead atoms. The normalized spacial score (nSPS) is 21.8. The number of hydrogen-bond donors (Lipinski definition) is 1. The van der Waals surface area contributed by atoms with E-state index in [1.54, 1.807) is 48.4 Å². The SMILES string of the molecule is COc1ccc([C@@H]2O[C@@H](CC(=O)N3CCCC(C(=O)O)C3)C(=O)N(CC(C)(C)C)c3ccc(Cl)cc32)c(Cl)c1.